The molecule has 4 rings (SSSR count). The first-order valence-electron chi connectivity index (χ1n) is 10.0. The number of carbonyl (C=O) groups excluding carboxylic acids is 2. The van der Waals surface area contributed by atoms with Gasteiger partial charge in [0.15, 0.2) is 5.69 Å². The Hall–Kier alpha value is -2.70. The van der Waals surface area contributed by atoms with Crippen LogP contribution >= 0.6 is 0 Å². The average Bonchev–Trinajstić information content (AvgIpc) is 3.24. The summed E-state index contributed by atoms with van der Waals surface area (Å²) >= 11 is 0. The first-order valence-corrected chi connectivity index (χ1v) is 10.0. The van der Waals surface area contributed by atoms with E-state index in [-0.39, 0.29) is 24.2 Å². The van der Waals surface area contributed by atoms with Crippen LogP contribution in [0.1, 0.15) is 47.9 Å². The van der Waals surface area contributed by atoms with Gasteiger partial charge in [-0.3, -0.25) is 9.59 Å². The lowest BCUT2D eigenvalue weighted by Crippen LogP contribution is -2.40. The first kappa shape index (κ1) is 18.7. The predicted molar refractivity (Wildman–Crippen MR) is 103 cm³/mol. The van der Waals surface area contributed by atoms with Gasteiger partial charge in [0.2, 0.25) is 5.91 Å². The Bertz CT molecular complexity index is 908. The molecule has 7 heteroatoms. The Morgan fingerprint density at radius 3 is 2.79 bits per heavy atom. The van der Waals surface area contributed by atoms with Gasteiger partial charge in [-0.1, -0.05) is 19.1 Å². The normalized spacial score (nSPS) is 17.0. The molecule has 148 valence electrons. The highest BCUT2D eigenvalue weighted by Gasteiger charge is 2.32. The summed E-state index contributed by atoms with van der Waals surface area (Å²) in [6.45, 7) is 4.06. The van der Waals surface area contributed by atoms with Crippen molar-refractivity contribution in [3.63, 3.8) is 0 Å². The monoisotopic (exact) mass is 384 g/mol. The molecule has 2 amide bonds. The number of hydrogen-bond acceptors (Lipinski definition) is 3. The van der Waals surface area contributed by atoms with Crippen molar-refractivity contribution in [3.05, 3.63) is 47.0 Å². The van der Waals surface area contributed by atoms with Gasteiger partial charge in [0.25, 0.3) is 5.91 Å². The standard InChI is InChI=1S/C21H25FN4O2/c1-2-11-24-12-6-13-25(14-19(24)27)21(28)20-15-7-5-10-17(15)26(23-20)18-9-4-3-8-16(18)22/h3-4,8-9H,2,5-7,10-14H2,1H3. The van der Waals surface area contributed by atoms with E-state index in [0.29, 0.717) is 24.5 Å². The quantitative estimate of drug-likeness (QED) is 0.814. The minimum Gasteiger partial charge on any atom is -0.341 e. The molecule has 0 N–H and O–H groups in total. The molecule has 1 fully saturated rings. The number of fused-ring (bicyclic) bond motifs is 1. The van der Waals surface area contributed by atoms with Crippen LogP contribution < -0.4 is 0 Å². The topological polar surface area (TPSA) is 58.4 Å². The summed E-state index contributed by atoms with van der Waals surface area (Å²) in [6, 6.07) is 6.47. The number of halogens is 1. The number of hydrogen-bond donors (Lipinski definition) is 0. The fourth-order valence-electron chi connectivity index (χ4n) is 4.18. The van der Waals surface area contributed by atoms with Crippen LogP contribution in [0.15, 0.2) is 24.3 Å². The van der Waals surface area contributed by atoms with Gasteiger partial charge in [0, 0.05) is 30.9 Å². The number of rotatable bonds is 4. The van der Waals surface area contributed by atoms with Crippen LogP contribution in [0.3, 0.4) is 0 Å². The zero-order valence-corrected chi connectivity index (χ0v) is 16.2. The van der Waals surface area contributed by atoms with Crippen LogP contribution in [0.2, 0.25) is 0 Å². The van der Waals surface area contributed by atoms with Crippen LogP contribution in [0.5, 0.6) is 0 Å². The Labute approximate surface area is 163 Å². The maximum absolute atomic E-state index is 14.3. The molecule has 0 saturated carbocycles. The van der Waals surface area contributed by atoms with Crippen LogP contribution in [0, 0.1) is 5.82 Å². The lowest BCUT2D eigenvalue weighted by Gasteiger charge is -2.21. The second-order valence-corrected chi connectivity index (χ2v) is 7.45. The summed E-state index contributed by atoms with van der Waals surface area (Å²) in [4.78, 5) is 29.2. The summed E-state index contributed by atoms with van der Waals surface area (Å²) in [6.07, 6.45) is 4.11. The van der Waals surface area contributed by atoms with Crippen LogP contribution in [0.25, 0.3) is 5.69 Å². The minimum absolute atomic E-state index is 0.0159. The van der Waals surface area contributed by atoms with Crippen molar-refractivity contribution in [1.29, 1.82) is 0 Å². The fraction of sp³-hybridized carbons (Fsp3) is 0.476. The molecular formula is C21H25FN4O2. The third kappa shape index (κ3) is 3.30. The SMILES string of the molecule is CCCN1CCCN(C(=O)c2nn(-c3ccccc3F)c3c2CCC3)CC1=O. The lowest BCUT2D eigenvalue weighted by molar-refractivity contribution is -0.130. The molecule has 1 aromatic carbocycles. The maximum Gasteiger partial charge on any atom is 0.275 e. The first-order chi connectivity index (χ1) is 13.6. The molecule has 28 heavy (non-hydrogen) atoms. The second kappa shape index (κ2) is 7.73. The van der Waals surface area contributed by atoms with Gasteiger partial charge in [0.1, 0.15) is 18.0 Å². The van der Waals surface area contributed by atoms with E-state index >= 15 is 0 Å². The van der Waals surface area contributed by atoms with Crippen molar-refractivity contribution >= 4 is 11.8 Å². The Kier molecular flexibility index (Phi) is 5.15. The molecule has 0 spiro atoms. The molecule has 0 atom stereocenters. The third-order valence-electron chi connectivity index (χ3n) is 5.53. The predicted octanol–water partition coefficient (Wildman–Crippen LogP) is 2.58. The van der Waals surface area contributed by atoms with Crippen molar-refractivity contribution in [1.82, 2.24) is 19.6 Å². The zero-order valence-electron chi connectivity index (χ0n) is 16.2. The Morgan fingerprint density at radius 1 is 1.18 bits per heavy atom. The summed E-state index contributed by atoms with van der Waals surface area (Å²) in [5, 5.41) is 4.51. The molecule has 0 radical (unpaired) electrons. The average molecular weight is 384 g/mol. The number of aromatic nitrogens is 2. The van der Waals surface area contributed by atoms with Crippen LogP contribution in [0.4, 0.5) is 4.39 Å². The maximum atomic E-state index is 14.3. The highest BCUT2D eigenvalue weighted by atomic mass is 19.1. The van der Waals surface area contributed by atoms with Gasteiger partial charge < -0.3 is 9.80 Å². The van der Waals surface area contributed by atoms with Gasteiger partial charge >= 0.3 is 0 Å². The van der Waals surface area contributed by atoms with Crippen molar-refractivity contribution in [2.24, 2.45) is 0 Å². The second-order valence-electron chi connectivity index (χ2n) is 7.45. The summed E-state index contributed by atoms with van der Waals surface area (Å²) < 4.78 is 15.9. The molecule has 1 aliphatic carbocycles. The van der Waals surface area contributed by atoms with Crippen molar-refractivity contribution in [2.75, 3.05) is 26.2 Å². The van der Waals surface area contributed by atoms with Crippen LogP contribution in [-0.2, 0) is 17.6 Å². The van der Waals surface area contributed by atoms with E-state index in [1.165, 1.54) is 6.07 Å². The highest BCUT2D eigenvalue weighted by Crippen LogP contribution is 2.29. The van der Waals surface area contributed by atoms with Gasteiger partial charge in [-0.25, -0.2) is 9.07 Å². The van der Waals surface area contributed by atoms with Crippen molar-refractivity contribution in [2.45, 2.75) is 39.0 Å². The fourth-order valence-corrected chi connectivity index (χ4v) is 4.18. The van der Waals surface area contributed by atoms with E-state index in [1.54, 1.807) is 27.8 Å². The van der Waals surface area contributed by atoms with E-state index in [0.717, 1.165) is 49.9 Å². The molecule has 1 aliphatic heterocycles. The summed E-state index contributed by atoms with van der Waals surface area (Å²) in [7, 11) is 0. The Balaban J connectivity index is 1.65. The number of amides is 2. The third-order valence-corrected chi connectivity index (χ3v) is 5.53. The molecule has 0 bridgehead atoms. The molecule has 1 aromatic heterocycles. The smallest absolute Gasteiger partial charge is 0.275 e. The molecule has 6 nitrogen and oxygen atoms in total. The molecule has 0 unspecified atom stereocenters. The summed E-state index contributed by atoms with van der Waals surface area (Å²) in [5.41, 5.74) is 2.53. The number of para-hydroxylation sites is 1. The molecule has 1 saturated heterocycles. The van der Waals surface area contributed by atoms with Crippen LogP contribution in [-0.4, -0.2) is 57.6 Å². The van der Waals surface area contributed by atoms with Gasteiger partial charge in [-0.2, -0.15) is 5.10 Å². The molecule has 2 heterocycles. The zero-order chi connectivity index (χ0) is 19.7. The van der Waals surface area contributed by atoms with Gasteiger partial charge in [-0.15, -0.1) is 0 Å². The summed E-state index contributed by atoms with van der Waals surface area (Å²) in [5.74, 6) is -0.600. The Morgan fingerprint density at radius 2 is 2.00 bits per heavy atom. The minimum atomic E-state index is -0.362. The van der Waals surface area contributed by atoms with E-state index in [9.17, 15) is 14.0 Å². The molecular weight excluding hydrogens is 359 g/mol. The van der Waals surface area contributed by atoms with E-state index in [4.69, 9.17) is 0 Å². The van der Waals surface area contributed by atoms with Crippen molar-refractivity contribution in [3.8, 4) is 5.69 Å². The van der Waals surface area contributed by atoms with Gasteiger partial charge in [-0.05, 0) is 44.2 Å². The number of benzene rings is 1. The largest absolute Gasteiger partial charge is 0.341 e. The lowest BCUT2D eigenvalue weighted by atomic mass is 10.1. The number of nitrogens with zero attached hydrogens (tertiary/aromatic N) is 4. The highest BCUT2D eigenvalue weighted by molar-refractivity contribution is 5.96. The number of carbonyl (C=O) groups is 2. The molecule has 2 aromatic rings. The van der Waals surface area contributed by atoms with E-state index in [2.05, 4.69) is 5.10 Å². The van der Waals surface area contributed by atoms with Gasteiger partial charge in [0.05, 0.1) is 0 Å². The van der Waals surface area contributed by atoms with E-state index in [1.807, 2.05) is 11.8 Å². The van der Waals surface area contributed by atoms with Crippen molar-refractivity contribution < 1.29 is 14.0 Å². The van der Waals surface area contributed by atoms with E-state index < -0.39 is 0 Å². The molecule has 2 aliphatic rings.